The molecule has 6 nitrogen and oxygen atoms in total. The molecule has 2 aromatic rings. The molecule has 1 aliphatic carbocycles. The molecule has 0 aliphatic heterocycles. The first-order valence-corrected chi connectivity index (χ1v) is 8.70. The molecule has 0 spiro atoms. The number of nitrogens with zero attached hydrogens (tertiary/aromatic N) is 2. The van der Waals surface area contributed by atoms with Crippen molar-refractivity contribution in [3.05, 3.63) is 23.0 Å². The van der Waals surface area contributed by atoms with Crippen LogP contribution in [-0.2, 0) is 0 Å². The molecule has 2 N–H and O–H groups in total. The summed E-state index contributed by atoms with van der Waals surface area (Å²) >= 11 is 0. The molecular weight excluding hydrogens is 306 g/mol. The number of carbonyl (C=O) groups excluding carboxylic acids is 1. The van der Waals surface area contributed by atoms with Crippen molar-refractivity contribution >= 4 is 17.0 Å². The Bertz CT molecular complexity index is 738. The maximum Gasteiger partial charge on any atom is 0.259 e. The summed E-state index contributed by atoms with van der Waals surface area (Å²) in [6, 6.07) is 1.85. The predicted octanol–water partition coefficient (Wildman–Crippen LogP) is 2.94. The van der Waals surface area contributed by atoms with Crippen molar-refractivity contribution in [1.82, 2.24) is 15.5 Å². The van der Waals surface area contributed by atoms with Gasteiger partial charge in [-0.1, -0.05) is 31.8 Å². The summed E-state index contributed by atoms with van der Waals surface area (Å²) in [5, 5.41) is 17.3. The molecule has 2 aromatic heterocycles. The largest absolute Gasteiger partial charge is 0.396 e. The van der Waals surface area contributed by atoms with E-state index in [4.69, 9.17) is 4.52 Å². The summed E-state index contributed by atoms with van der Waals surface area (Å²) < 4.78 is 5.28. The number of rotatable bonds is 4. The summed E-state index contributed by atoms with van der Waals surface area (Å²) in [6.07, 6.45) is 4.05. The first kappa shape index (κ1) is 16.9. The van der Waals surface area contributed by atoms with Gasteiger partial charge in [0, 0.05) is 24.3 Å². The van der Waals surface area contributed by atoms with Gasteiger partial charge < -0.3 is 14.9 Å². The molecule has 1 aliphatic rings. The fourth-order valence-corrected chi connectivity index (χ4v) is 3.45. The van der Waals surface area contributed by atoms with Crippen molar-refractivity contribution in [3.8, 4) is 0 Å². The third-order valence-corrected chi connectivity index (χ3v) is 4.93. The number of carbonyl (C=O) groups is 1. The number of hydrogen-bond acceptors (Lipinski definition) is 5. The minimum atomic E-state index is -0.138. The topological polar surface area (TPSA) is 88.2 Å². The Morgan fingerprint density at radius 3 is 2.88 bits per heavy atom. The minimum Gasteiger partial charge on any atom is -0.396 e. The van der Waals surface area contributed by atoms with Crippen molar-refractivity contribution < 1.29 is 14.4 Å². The van der Waals surface area contributed by atoms with Crippen LogP contribution in [0.1, 0.15) is 67.2 Å². The van der Waals surface area contributed by atoms with Crippen LogP contribution in [0.2, 0.25) is 0 Å². The van der Waals surface area contributed by atoms with Crippen molar-refractivity contribution in [2.45, 2.75) is 58.4 Å². The van der Waals surface area contributed by atoms with Gasteiger partial charge in [0.25, 0.3) is 11.6 Å². The van der Waals surface area contributed by atoms with Gasteiger partial charge in [-0.05, 0) is 31.7 Å². The van der Waals surface area contributed by atoms with Crippen molar-refractivity contribution in [3.63, 3.8) is 0 Å². The Hall–Kier alpha value is -1.95. The molecule has 130 valence electrons. The van der Waals surface area contributed by atoms with E-state index in [1.165, 1.54) is 0 Å². The van der Waals surface area contributed by atoms with Crippen LogP contribution in [0, 0.1) is 12.8 Å². The van der Waals surface area contributed by atoms with Gasteiger partial charge in [-0.3, -0.25) is 4.79 Å². The van der Waals surface area contributed by atoms with E-state index in [1.807, 2.05) is 26.8 Å². The first-order chi connectivity index (χ1) is 11.5. The van der Waals surface area contributed by atoms with E-state index in [9.17, 15) is 9.90 Å². The SMILES string of the molecule is Cc1noc2nc(C(C)C)cc(C(=O)N[C@H]3CCCC[C@@H]3CO)c12. The monoisotopic (exact) mass is 331 g/mol. The lowest BCUT2D eigenvalue weighted by Crippen LogP contribution is -2.43. The molecule has 0 unspecified atom stereocenters. The van der Waals surface area contributed by atoms with Gasteiger partial charge in [-0.25, -0.2) is 4.98 Å². The highest BCUT2D eigenvalue weighted by Crippen LogP contribution is 2.27. The number of amides is 1. The Labute approximate surface area is 141 Å². The lowest BCUT2D eigenvalue weighted by molar-refractivity contribution is 0.0874. The van der Waals surface area contributed by atoms with Crippen molar-refractivity contribution in [2.24, 2.45) is 5.92 Å². The Morgan fingerprint density at radius 1 is 1.42 bits per heavy atom. The average Bonchev–Trinajstić information content (AvgIpc) is 2.95. The Kier molecular flexibility index (Phi) is 4.85. The van der Waals surface area contributed by atoms with Gasteiger partial charge in [-0.2, -0.15) is 0 Å². The van der Waals surface area contributed by atoms with E-state index in [1.54, 1.807) is 0 Å². The molecule has 1 fully saturated rings. The highest BCUT2D eigenvalue weighted by molar-refractivity contribution is 6.06. The quantitative estimate of drug-likeness (QED) is 0.899. The Morgan fingerprint density at radius 2 is 2.17 bits per heavy atom. The molecule has 2 atom stereocenters. The normalized spacial score (nSPS) is 21.4. The molecule has 1 saturated carbocycles. The third-order valence-electron chi connectivity index (χ3n) is 4.93. The van der Waals surface area contributed by atoms with E-state index in [-0.39, 0.29) is 30.4 Å². The molecule has 0 bridgehead atoms. The molecule has 1 amide bonds. The maximum atomic E-state index is 12.9. The fourth-order valence-electron chi connectivity index (χ4n) is 3.45. The van der Waals surface area contributed by atoms with Gasteiger partial charge in [0.2, 0.25) is 0 Å². The van der Waals surface area contributed by atoms with Gasteiger partial charge in [0.1, 0.15) is 0 Å². The second kappa shape index (κ2) is 6.89. The molecule has 0 saturated heterocycles. The van der Waals surface area contributed by atoms with Crippen LogP contribution in [0.25, 0.3) is 11.1 Å². The van der Waals surface area contributed by atoms with Crippen LogP contribution in [0.4, 0.5) is 0 Å². The van der Waals surface area contributed by atoms with Crippen molar-refractivity contribution in [1.29, 1.82) is 0 Å². The zero-order chi connectivity index (χ0) is 17.3. The van der Waals surface area contributed by atoms with E-state index in [0.29, 0.717) is 22.4 Å². The lowest BCUT2D eigenvalue weighted by Gasteiger charge is -2.31. The third kappa shape index (κ3) is 3.15. The molecule has 24 heavy (non-hydrogen) atoms. The van der Waals surface area contributed by atoms with E-state index in [0.717, 1.165) is 31.4 Å². The zero-order valence-electron chi connectivity index (χ0n) is 14.5. The summed E-state index contributed by atoms with van der Waals surface area (Å²) in [4.78, 5) is 17.4. The molecule has 3 rings (SSSR count). The smallest absolute Gasteiger partial charge is 0.259 e. The molecule has 0 radical (unpaired) electrons. The number of pyridine rings is 1. The summed E-state index contributed by atoms with van der Waals surface area (Å²) in [7, 11) is 0. The number of nitrogens with one attached hydrogen (secondary N) is 1. The second-order valence-electron chi connectivity index (χ2n) is 7.00. The summed E-state index contributed by atoms with van der Waals surface area (Å²) in [5.41, 5.74) is 2.45. The van der Waals surface area contributed by atoms with Gasteiger partial charge in [0.05, 0.1) is 16.6 Å². The van der Waals surface area contributed by atoms with E-state index < -0.39 is 0 Å². The van der Waals surface area contributed by atoms with E-state index >= 15 is 0 Å². The number of hydrogen-bond donors (Lipinski definition) is 2. The number of aliphatic hydroxyl groups is 1. The molecule has 2 heterocycles. The van der Waals surface area contributed by atoms with Gasteiger partial charge >= 0.3 is 0 Å². The predicted molar refractivity (Wildman–Crippen MR) is 90.9 cm³/mol. The second-order valence-corrected chi connectivity index (χ2v) is 7.00. The maximum absolute atomic E-state index is 12.9. The summed E-state index contributed by atoms with van der Waals surface area (Å²) in [6.45, 7) is 5.99. The van der Waals surface area contributed by atoms with Crippen molar-refractivity contribution in [2.75, 3.05) is 6.61 Å². The summed E-state index contributed by atoms with van der Waals surface area (Å²) in [5.74, 6) is 0.181. The number of aryl methyl sites for hydroxylation is 1. The molecular formula is C18H25N3O3. The van der Waals surface area contributed by atoms with Gasteiger partial charge in [0.15, 0.2) is 0 Å². The molecule has 0 aromatic carbocycles. The Balaban J connectivity index is 1.95. The minimum absolute atomic E-state index is 0.0159. The number of aromatic nitrogens is 2. The van der Waals surface area contributed by atoms with Crippen LogP contribution in [0.5, 0.6) is 0 Å². The highest BCUT2D eigenvalue weighted by Gasteiger charge is 2.28. The fraction of sp³-hybridized carbons (Fsp3) is 0.611. The number of fused-ring (bicyclic) bond motifs is 1. The zero-order valence-corrected chi connectivity index (χ0v) is 14.5. The first-order valence-electron chi connectivity index (χ1n) is 8.70. The lowest BCUT2D eigenvalue weighted by atomic mass is 9.85. The van der Waals surface area contributed by atoms with Gasteiger partial charge in [-0.15, -0.1) is 0 Å². The van der Waals surface area contributed by atoms with E-state index in [2.05, 4.69) is 15.5 Å². The van der Waals surface area contributed by atoms with Crippen LogP contribution in [-0.4, -0.2) is 33.8 Å². The molecule has 6 heteroatoms. The number of aliphatic hydroxyl groups excluding tert-OH is 1. The van der Waals surface area contributed by atoms with Crippen LogP contribution in [0.3, 0.4) is 0 Å². The van der Waals surface area contributed by atoms with Crippen LogP contribution in [0.15, 0.2) is 10.6 Å². The standard InChI is InChI=1S/C18H25N3O3/c1-10(2)15-8-13(16-11(3)21-24-18(16)20-15)17(23)19-14-7-5-4-6-12(14)9-22/h8,10,12,14,22H,4-7,9H2,1-3H3,(H,19,23)/t12-,14+/m1/s1. The highest BCUT2D eigenvalue weighted by atomic mass is 16.5. The average molecular weight is 331 g/mol. The van der Waals surface area contributed by atoms with Crippen LogP contribution < -0.4 is 5.32 Å². The van der Waals surface area contributed by atoms with Crippen LogP contribution >= 0.6 is 0 Å².